The summed E-state index contributed by atoms with van der Waals surface area (Å²) in [6.07, 6.45) is 99.3. The Morgan fingerprint density at radius 3 is 0.785 bits per heavy atom. The fraction of sp³-hybridized carbons (Fsp3) is 0.719. The molecule has 0 aliphatic heterocycles. The van der Waals surface area contributed by atoms with Crippen molar-refractivity contribution in [3.05, 3.63) is 134 Å². The van der Waals surface area contributed by atoms with Gasteiger partial charge in [-0.15, -0.1) is 0 Å². The number of hydrogen-bond donors (Lipinski definition) is 4. The maximum atomic E-state index is 13.0. The number of phosphoric acid groups is 2. The molecule has 5 unspecified atom stereocenters. The summed E-state index contributed by atoms with van der Waals surface area (Å²) < 4.78 is 61.3. The average molecular weight is 1540 g/mol. The Morgan fingerprint density at radius 2 is 0.495 bits per heavy atom. The van der Waals surface area contributed by atoms with Gasteiger partial charge >= 0.3 is 33.6 Å². The van der Waals surface area contributed by atoms with Crippen molar-refractivity contribution in [2.45, 2.75) is 373 Å². The van der Waals surface area contributed by atoms with Gasteiger partial charge < -0.3 is 34.2 Å². The zero-order chi connectivity index (χ0) is 78.0. The first-order chi connectivity index (χ1) is 52.2. The lowest BCUT2D eigenvalue weighted by molar-refractivity contribution is -0.161. The quantitative estimate of drug-likeness (QED) is 0.0146. The van der Waals surface area contributed by atoms with Crippen LogP contribution >= 0.6 is 15.6 Å². The van der Waals surface area contributed by atoms with Gasteiger partial charge in [0.2, 0.25) is 0 Å². The van der Waals surface area contributed by atoms with Gasteiger partial charge in [0, 0.05) is 19.3 Å². The molecule has 107 heavy (non-hydrogen) atoms. The fourth-order valence-electron chi connectivity index (χ4n) is 11.5. The van der Waals surface area contributed by atoms with Crippen LogP contribution in [-0.4, -0.2) is 95.9 Å². The number of carbonyl (C=O) groups excluding carboxylic acids is 3. The minimum atomic E-state index is -4.93. The Hall–Kier alpha value is -4.31. The molecule has 0 saturated heterocycles. The molecule has 0 spiro atoms. The van der Waals surface area contributed by atoms with Crippen molar-refractivity contribution in [1.82, 2.24) is 0 Å². The van der Waals surface area contributed by atoms with Gasteiger partial charge in [-0.1, -0.05) is 353 Å². The number of rotatable bonds is 80. The van der Waals surface area contributed by atoms with Crippen molar-refractivity contribution in [3.8, 4) is 0 Å². The maximum absolute atomic E-state index is 13.0. The summed E-state index contributed by atoms with van der Waals surface area (Å²) in [6.45, 7) is 2.49. The highest BCUT2D eigenvalue weighted by molar-refractivity contribution is 7.47. The van der Waals surface area contributed by atoms with Crippen LogP contribution < -0.4 is 0 Å². The van der Waals surface area contributed by atoms with E-state index in [4.69, 9.17) is 32.3 Å². The number of carbonyl (C=O) groups is 3. The van der Waals surface area contributed by atoms with Gasteiger partial charge in [-0.25, -0.2) is 9.13 Å². The molecule has 4 N–H and O–H groups in total. The van der Waals surface area contributed by atoms with Crippen LogP contribution in [0.3, 0.4) is 0 Å². The second-order valence-corrected chi connectivity index (χ2v) is 31.1. The van der Waals surface area contributed by atoms with Gasteiger partial charge in [0.15, 0.2) is 6.10 Å². The molecule has 0 amide bonds. The summed E-state index contributed by atoms with van der Waals surface area (Å²) >= 11 is 0. The fourth-order valence-corrected chi connectivity index (χ4v) is 13.1. The summed E-state index contributed by atoms with van der Waals surface area (Å²) in [6, 6.07) is 0. The molecule has 616 valence electrons. The lowest BCUT2D eigenvalue weighted by atomic mass is 10.0. The standard InChI is InChI=1S/C89H154O16P2/c1-4-7-10-13-16-19-22-25-27-29-31-33-35-37-39-41-43-45-47-49-51-53-55-58-60-63-66-69-72-75-87(92)99-78-84(90)79-101-106(95,96)102-80-85(91)81-103-107(97,98)104-83-86(105-89(94)77-74-71-68-65-62-57-24-21-18-15-12-9-6-3)82-100-88(93)76-73-70-67-64-61-59-56-54-52-50-48-46-44-42-40-38-36-34-32-30-28-26-23-20-17-14-11-8-5-2/h7-8,10-11,16-17,19-20,25-28,31-34,37-40,43,45,84-86,90-91H,4-6,9,12-15,18,21-24,29-30,35-36,41-42,44,46-83H2,1-3H3,(H,95,96)(H,97,98)/b10-7-,11-8-,19-16-,20-17-,27-25-,28-26-,33-31-,34-32-,39-37-,40-38-,45-43-. The van der Waals surface area contributed by atoms with Gasteiger partial charge in [-0.2, -0.15) is 0 Å². The second kappa shape index (κ2) is 81.2. The predicted octanol–water partition coefficient (Wildman–Crippen LogP) is 25.4. The molecule has 0 heterocycles. The van der Waals surface area contributed by atoms with Crippen LogP contribution in [0.1, 0.15) is 355 Å². The first-order valence-electron chi connectivity index (χ1n) is 42.5. The molecule has 0 bridgehead atoms. The van der Waals surface area contributed by atoms with Gasteiger partial charge in [-0.3, -0.25) is 32.5 Å². The van der Waals surface area contributed by atoms with E-state index < -0.39 is 91.5 Å². The topological polar surface area (TPSA) is 231 Å². The number of ether oxygens (including phenoxy) is 3. The van der Waals surface area contributed by atoms with E-state index in [2.05, 4.69) is 154 Å². The molecule has 18 heteroatoms. The lowest BCUT2D eigenvalue weighted by Gasteiger charge is -2.21. The van der Waals surface area contributed by atoms with Crippen LogP contribution in [0, 0.1) is 0 Å². The Morgan fingerprint density at radius 1 is 0.271 bits per heavy atom. The Balaban J connectivity index is 4.48. The van der Waals surface area contributed by atoms with Crippen molar-refractivity contribution >= 4 is 33.6 Å². The molecule has 0 aromatic carbocycles. The number of aliphatic hydroxyl groups excluding tert-OH is 2. The SMILES string of the molecule is CC/C=C\C/C=C\C/C=C\C/C=C\C/C=C\C/C=C\CCCCCCCCCCCCC(=O)OCC(O)COP(=O)(O)OCC(O)COP(=O)(O)OCC(COC(=O)CCCCCCCCCCCCCCC/C=C\C/C=C\C/C=C\C/C=C\C/C=C\CC)OC(=O)CCCCCCCCCCCCCCC. The van der Waals surface area contributed by atoms with E-state index in [0.29, 0.717) is 19.3 Å². The summed E-state index contributed by atoms with van der Waals surface area (Å²) in [5.41, 5.74) is 0. The zero-order valence-electron chi connectivity index (χ0n) is 67.5. The molecule has 5 atom stereocenters. The van der Waals surface area contributed by atoms with Gasteiger partial charge in [0.1, 0.15) is 25.4 Å². The minimum Gasteiger partial charge on any atom is -0.463 e. The number of allylic oxidation sites excluding steroid dienone is 22. The van der Waals surface area contributed by atoms with Crippen molar-refractivity contribution in [3.63, 3.8) is 0 Å². The molecular weight excluding hydrogens is 1390 g/mol. The van der Waals surface area contributed by atoms with E-state index in [1.54, 1.807) is 0 Å². The Bertz CT molecular complexity index is 2480. The Kier molecular flexibility index (Phi) is 77.9. The molecule has 0 aliphatic carbocycles. The maximum Gasteiger partial charge on any atom is 0.472 e. The molecule has 0 radical (unpaired) electrons. The Labute approximate surface area is 652 Å². The molecule has 0 saturated carbocycles. The monoisotopic (exact) mass is 1540 g/mol. The van der Waals surface area contributed by atoms with Crippen molar-refractivity contribution in [2.75, 3.05) is 39.6 Å². The number of aliphatic hydroxyl groups is 2. The summed E-state index contributed by atoms with van der Waals surface area (Å²) in [5, 5.41) is 20.7. The highest BCUT2D eigenvalue weighted by Gasteiger charge is 2.29. The van der Waals surface area contributed by atoms with Crippen LogP contribution in [-0.2, 0) is 55.8 Å². The lowest BCUT2D eigenvalue weighted by Crippen LogP contribution is -2.30. The summed E-state index contributed by atoms with van der Waals surface area (Å²) in [7, 11) is -9.79. The second-order valence-electron chi connectivity index (χ2n) is 28.2. The summed E-state index contributed by atoms with van der Waals surface area (Å²) in [4.78, 5) is 58.7. The summed E-state index contributed by atoms with van der Waals surface area (Å²) in [5.74, 6) is -1.57. The normalized spacial score (nSPS) is 14.6. The molecule has 0 aromatic heterocycles. The third-order valence-corrected chi connectivity index (χ3v) is 19.8. The first kappa shape index (κ1) is 103. The van der Waals surface area contributed by atoms with Crippen molar-refractivity contribution in [2.24, 2.45) is 0 Å². The zero-order valence-corrected chi connectivity index (χ0v) is 69.3. The van der Waals surface area contributed by atoms with Crippen LogP contribution in [0.2, 0.25) is 0 Å². The average Bonchev–Trinajstić information content (AvgIpc) is 0.909. The number of unbranched alkanes of at least 4 members (excludes halogenated alkanes) is 35. The van der Waals surface area contributed by atoms with E-state index in [9.17, 15) is 43.5 Å². The number of hydrogen-bond acceptors (Lipinski definition) is 14. The van der Waals surface area contributed by atoms with E-state index in [1.165, 1.54) is 141 Å². The van der Waals surface area contributed by atoms with Gasteiger partial charge in [0.05, 0.1) is 26.4 Å². The van der Waals surface area contributed by atoms with Crippen molar-refractivity contribution in [1.29, 1.82) is 0 Å². The molecule has 0 aliphatic rings. The number of phosphoric ester groups is 2. The highest BCUT2D eigenvalue weighted by atomic mass is 31.2. The van der Waals surface area contributed by atoms with E-state index >= 15 is 0 Å². The van der Waals surface area contributed by atoms with Crippen LogP contribution in [0.5, 0.6) is 0 Å². The molecule has 16 nitrogen and oxygen atoms in total. The van der Waals surface area contributed by atoms with Crippen LogP contribution in [0.25, 0.3) is 0 Å². The van der Waals surface area contributed by atoms with Gasteiger partial charge in [-0.05, 0) is 116 Å². The van der Waals surface area contributed by atoms with Crippen LogP contribution in [0.4, 0.5) is 0 Å². The third kappa shape index (κ3) is 82.5. The number of esters is 3. The minimum absolute atomic E-state index is 0.107. The van der Waals surface area contributed by atoms with Gasteiger partial charge in [0.25, 0.3) is 0 Å². The largest absolute Gasteiger partial charge is 0.472 e. The molecular formula is C89H154O16P2. The smallest absolute Gasteiger partial charge is 0.463 e. The predicted molar refractivity (Wildman–Crippen MR) is 445 cm³/mol. The highest BCUT2D eigenvalue weighted by Crippen LogP contribution is 2.45. The van der Waals surface area contributed by atoms with E-state index in [-0.39, 0.29) is 19.3 Å². The molecule has 0 rings (SSSR count). The van der Waals surface area contributed by atoms with Crippen molar-refractivity contribution < 1.29 is 75.8 Å². The molecule has 0 aromatic rings. The van der Waals surface area contributed by atoms with E-state index in [1.807, 2.05) is 0 Å². The third-order valence-electron chi connectivity index (χ3n) is 17.9. The first-order valence-corrected chi connectivity index (χ1v) is 45.5. The molecule has 0 fully saturated rings. The van der Waals surface area contributed by atoms with Crippen LogP contribution in [0.15, 0.2) is 134 Å². The van der Waals surface area contributed by atoms with E-state index in [0.717, 1.165) is 154 Å².